The number of hydrogen-bond acceptors (Lipinski definition) is 5. The summed E-state index contributed by atoms with van der Waals surface area (Å²) in [4.78, 5) is 23.4. The SMILES string of the molecule is O=C(Nc1ncccn1)C1=NCCCN1. The topological polar surface area (TPSA) is 79.3 Å². The van der Waals surface area contributed by atoms with Gasteiger partial charge in [-0.15, -0.1) is 0 Å². The zero-order chi connectivity index (χ0) is 10.5. The van der Waals surface area contributed by atoms with E-state index in [1.165, 1.54) is 0 Å². The maximum atomic E-state index is 11.6. The van der Waals surface area contributed by atoms with E-state index >= 15 is 0 Å². The highest BCUT2D eigenvalue weighted by Gasteiger charge is 2.14. The fourth-order valence-corrected chi connectivity index (χ4v) is 1.21. The highest BCUT2D eigenvalue weighted by atomic mass is 16.2. The van der Waals surface area contributed by atoms with Gasteiger partial charge in [-0.3, -0.25) is 15.1 Å². The average molecular weight is 205 g/mol. The summed E-state index contributed by atoms with van der Waals surface area (Å²) in [5.74, 6) is 0.354. The molecule has 2 heterocycles. The molecule has 1 aromatic rings. The molecule has 0 bridgehead atoms. The maximum absolute atomic E-state index is 11.6. The molecule has 2 N–H and O–H groups in total. The van der Waals surface area contributed by atoms with Gasteiger partial charge in [0.2, 0.25) is 5.95 Å². The summed E-state index contributed by atoms with van der Waals surface area (Å²) in [7, 11) is 0. The number of anilines is 1. The van der Waals surface area contributed by atoms with Crippen molar-refractivity contribution in [2.45, 2.75) is 6.42 Å². The second kappa shape index (κ2) is 4.50. The molecule has 1 aliphatic rings. The monoisotopic (exact) mass is 205 g/mol. The number of aromatic nitrogens is 2. The van der Waals surface area contributed by atoms with Crippen LogP contribution in [-0.4, -0.2) is 34.8 Å². The first-order valence-electron chi connectivity index (χ1n) is 4.73. The Morgan fingerprint density at radius 2 is 2.20 bits per heavy atom. The van der Waals surface area contributed by atoms with Crippen molar-refractivity contribution in [3.63, 3.8) is 0 Å². The van der Waals surface area contributed by atoms with E-state index in [1.807, 2.05) is 0 Å². The molecule has 78 valence electrons. The Hall–Kier alpha value is -1.98. The van der Waals surface area contributed by atoms with Crippen molar-refractivity contribution in [1.82, 2.24) is 15.3 Å². The average Bonchev–Trinajstić information content (AvgIpc) is 2.31. The van der Waals surface area contributed by atoms with Crippen LogP contribution in [0.1, 0.15) is 6.42 Å². The van der Waals surface area contributed by atoms with Gasteiger partial charge < -0.3 is 5.32 Å². The third-order valence-corrected chi connectivity index (χ3v) is 1.90. The van der Waals surface area contributed by atoms with E-state index in [4.69, 9.17) is 0 Å². The van der Waals surface area contributed by atoms with Crippen LogP contribution < -0.4 is 10.6 Å². The molecule has 15 heavy (non-hydrogen) atoms. The Kier molecular flexibility index (Phi) is 2.87. The van der Waals surface area contributed by atoms with Crippen molar-refractivity contribution >= 4 is 17.7 Å². The quantitative estimate of drug-likeness (QED) is 0.701. The van der Waals surface area contributed by atoms with Gasteiger partial charge in [-0.1, -0.05) is 0 Å². The van der Waals surface area contributed by atoms with Crippen LogP contribution in [0.3, 0.4) is 0 Å². The van der Waals surface area contributed by atoms with Crippen molar-refractivity contribution in [2.24, 2.45) is 4.99 Å². The Balaban J connectivity index is 2.00. The van der Waals surface area contributed by atoms with Crippen molar-refractivity contribution in [2.75, 3.05) is 18.4 Å². The van der Waals surface area contributed by atoms with E-state index in [2.05, 4.69) is 25.6 Å². The molecule has 0 saturated carbocycles. The van der Waals surface area contributed by atoms with Crippen LogP contribution in [0.4, 0.5) is 5.95 Å². The molecular weight excluding hydrogens is 194 g/mol. The molecule has 1 amide bonds. The molecular formula is C9H11N5O. The summed E-state index contributed by atoms with van der Waals surface area (Å²) < 4.78 is 0. The number of amidine groups is 1. The first-order valence-corrected chi connectivity index (χ1v) is 4.73. The first kappa shape index (κ1) is 9.57. The van der Waals surface area contributed by atoms with Gasteiger partial charge in [-0.05, 0) is 12.5 Å². The normalized spacial score (nSPS) is 15.1. The lowest BCUT2D eigenvalue weighted by Gasteiger charge is -2.13. The molecule has 0 atom stereocenters. The molecule has 1 aliphatic heterocycles. The van der Waals surface area contributed by atoms with Crippen molar-refractivity contribution in [3.8, 4) is 0 Å². The Labute approximate surface area is 86.8 Å². The molecule has 2 rings (SSSR count). The van der Waals surface area contributed by atoms with E-state index in [-0.39, 0.29) is 11.9 Å². The van der Waals surface area contributed by atoms with Crippen LogP contribution >= 0.6 is 0 Å². The summed E-state index contributed by atoms with van der Waals surface area (Å²) in [6, 6.07) is 1.69. The number of carbonyl (C=O) groups is 1. The van der Waals surface area contributed by atoms with E-state index in [0.717, 1.165) is 13.0 Å². The van der Waals surface area contributed by atoms with E-state index in [1.54, 1.807) is 18.5 Å². The largest absolute Gasteiger partial charge is 0.366 e. The van der Waals surface area contributed by atoms with Gasteiger partial charge >= 0.3 is 0 Å². The molecule has 0 radical (unpaired) electrons. The molecule has 1 aromatic heterocycles. The zero-order valence-electron chi connectivity index (χ0n) is 8.10. The van der Waals surface area contributed by atoms with Crippen LogP contribution in [0, 0.1) is 0 Å². The van der Waals surface area contributed by atoms with Gasteiger partial charge in [-0.2, -0.15) is 0 Å². The molecule has 6 nitrogen and oxygen atoms in total. The smallest absolute Gasteiger partial charge is 0.293 e. The lowest BCUT2D eigenvalue weighted by Crippen LogP contribution is -2.39. The first-order chi connectivity index (χ1) is 7.36. The van der Waals surface area contributed by atoms with Crippen LogP contribution in [0.25, 0.3) is 0 Å². The minimum Gasteiger partial charge on any atom is -0.366 e. The van der Waals surface area contributed by atoms with Gasteiger partial charge in [0.25, 0.3) is 5.91 Å². The van der Waals surface area contributed by atoms with Gasteiger partial charge in [0, 0.05) is 25.5 Å². The Morgan fingerprint density at radius 1 is 1.40 bits per heavy atom. The number of carbonyl (C=O) groups excluding carboxylic acids is 1. The van der Waals surface area contributed by atoms with Gasteiger partial charge in [0.1, 0.15) is 0 Å². The maximum Gasteiger partial charge on any atom is 0.293 e. The standard InChI is InChI=1S/C9H11N5O/c15-8(7-10-3-1-4-11-7)14-9-12-5-2-6-13-9/h2,5-6H,1,3-4H2,(H,10,11)(H,12,13,14,15). The number of amides is 1. The van der Waals surface area contributed by atoms with E-state index < -0.39 is 0 Å². The minimum absolute atomic E-state index is 0.289. The van der Waals surface area contributed by atoms with Crippen molar-refractivity contribution in [3.05, 3.63) is 18.5 Å². The Bertz CT molecular complexity index is 375. The fraction of sp³-hybridized carbons (Fsp3) is 0.333. The van der Waals surface area contributed by atoms with E-state index in [9.17, 15) is 4.79 Å². The molecule has 0 spiro atoms. The number of nitrogens with zero attached hydrogens (tertiary/aromatic N) is 3. The minimum atomic E-state index is -0.291. The molecule has 0 fully saturated rings. The van der Waals surface area contributed by atoms with Crippen LogP contribution in [0.15, 0.2) is 23.5 Å². The number of hydrogen-bond donors (Lipinski definition) is 2. The lowest BCUT2D eigenvalue weighted by molar-refractivity contribution is -0.110. The molecule has 0 unspecified atom stereocenters. The second-order valence-electron chi connectivity index (χ2n) is 3.04. The van der Waals surface area contributed by atoms with Crippen LogP contribution in [0.2, 0.25) is 0 Å². The number of aliphatic imine (C=N–C) groups is 1. The summed E-state index contributed by atoms with van der Waals surface area (Å²) in [6.45, 7) is 1.47. The third kappa shape index (κ3) is 2.49. The van der Waals surface area contributed by atoms with Crippen LogP contribution in [-0.2, 0) is 4.79 Å². The summed E-state index contributed by atoms with van der Waals surface area (Å²) >= 11 is 0. The third-order valence-electron chi connectivity index (χ3n) is 1.90. The fourth-order valence-electron chi connectivity index (χ4n) is 1.21. The molecule has 6 heteroatoms. The summed E-state index contributed by atoms with van der Waals surface area (Å²) in [5, 5.41) is 5.48. The van der Waals surface area contributed by atoms with Gasteiger partial charge in [-0.25, -0.2) is 9.97 Å². The predicted octanol–water partition coefficient (Wildman–Crippen LogP) is -0.193. The number of rotatable bonds is 2. The summed E-state index contributed by atoms with van der Waals surface area (Å²) in [5.41, 5.74) is 0. The van der Waals surface area contributed by atoms with Crippen LogP contribution in [0.5, 0.6) is 0 Å². The predicted molar refractivity (Wildman–Crippen MR) is 55.6 cm³/mol. The van der Waals surface area contributed by atoms with Crippen molar-refractivity contribution in [1.29, 1.82) is 0 Å². The van der Waals surface area contributed by atoms with E-state index in [0.29, 0.717) is 12.4 Å². The highest BCUT2D eigenvalue weighted by Crippen LogP contribution is 1.96. The molecule has 0 saturated heterocycles. The Morgan fingerprint density at radius 3 is 2.87 bits per heavy atom. The lowest BCUT2D eigenvalue weighted by atomic mass is 10.3. The van der Waals surface area contributed by atoms with Gasteiger partial charge in [0.05, 0.1) is 0 Å². The highest BCUT2D eigenvalue weighted by molar-refractivity contribution is 6.42. The second-order valence-corrected chi connectivity index (χ2v) is 3.04. The summed E-state index contributed by atoms with van der Waals surface area (Å²) in [6.07, 6.45) is 4.09. The molecule has 0 aliphatic carbocycles. The van der Waals surface area contributed by atoms with Gasteiger partial charge in [0.15, 0.2) is 5.84 Å². The van der Waals surface area contributed by atoms with Crippen molar-refractivity contribution < 1.29 is 4.79 Å². The zero-order valence-corrected chi connectivity index (χ0v) is 8.10. The molecule has 0 aromatic carbocycles. The number of nitrogens with one attached hydrogen (secondary N) is 2.